The number of hydrogen-bond acceptors (Lipinski definition) is 3. The van der Waals surface area contributed by atoms with Crippen LogP contribution in [-0.2, 0) is 35.0 Å². The summed E-state index contributed by atoms with van der Waals surface area (Å²) >= 11 is 0. The van der Waals surface area contributed by atoms with Gasteiger partial charge in [-0.3, -0.25) is 19.4 Å². The number of carbonyl (C=O) groups excluding carboxylic acids is 2. The second-order valence-electron chi connectivity index (χ2n) is 10.1. The third-order valence-electron chi connectivity index (χ3n) is 7.16. The first-order chi connectivity index (χ1) is 21.5. The van der Waals surface area contributed by atoms with Crippen molar-refractivity contribution >= 4 is 46.3 Å². The summed E-state index contributed by atoms with van der Waals surface area (Å²) in [7, 11) is 0. The highest BCUT2D eigenvalue weighted by Crippen LogP contribution is 2.37. The summed E-state index contributed by atoms with van der Waals surface area (Å²) in [5, 5.41) is 5.39. The maximum Gasteiger partial charge on any atom is 0.416 e. The molecule has 0 saturated carbocycles. The lowest BCUT2D eigenvalue weighted by Gasteiger charge is -2.24. The van der Waals surface area contributed by atoms with Crippen molar-refractivity contribution in [2.75, 3.05) is 9.80 Å². The van der Waals surface area contributed by atoms with Crippen molar-refractivity contribution in [2.45, 2.75) is 25.4 Å². The van der Waals surface area contributed by atoms with Crippen LogP contribution >= 0.6 is 0 Å². The number of anilines is 4. The molecule has 0 aliphatic carbocycles. The number of nitrogens with one attached hydrogen (secondary N) is 1. The average Bonchev–Trinajstić information content (AvgIpc) is 3.01. The Kier molecular flexibility index (Phi) is 8.92. The fourth-order valence-corrected chi connectivity index (χ4v) is 5.03. The van der Waals surface area contributed by atoms with E-state index < -0.39 is 23.5 Å². The Balaban J connectivity index is 1.54. The maximum absolute atomic E-state index is 13.5. The highest BCUT2D eigenvalue weighted by Gasteiger charge is 2.32. The quantitative estimate of drug-likeness (QED) is 0.125. The molecule has 0 aromatic heterocycles. The third kappa shape index (κ3) is 7.15. The smallest absolute Gasteiger partial charge is 0.309 e. The number of halogens is 6. The highest BCUT2D eigenvalue weighted by molar-refractivity contribution is 5.92. The Hall–Kier alpha value is -5.16. The number of nitrogens with zero attached hydrogens (tertiary/aromatic N) is 2. The van der Waals surface area contributed by atoms with E-state index in [0.717, 1.165) is 62.5 Å². The molecule has 0 fully saturated rings. The fourth-order valence-electron chi connectivity index (χ4n) is 5.03. The first-order valence-electron chi connectivity index (χ1n) is 13.6. The van der Waals surface area contributed by atoms with Gasteiger partial charge in [0.05, 0.1) is 22.5 Å². The summed E-state index contributed by atoms with van der Waals surface area (Å²) in [6.07, 6.45) is -8.67. The predicted molar refractivity (Wildman–Crippen MR) is 160 cm³/mol. The number of benzene rings is 5. The van der Waals surface area contributed by atoms with E-state index >= 15 is 0 Å². The molecular formula is C34H25F6N3O2. The Bertz CT molecular complexity index is 1740. The molecule has 0 spiro atoms. The SMILES string of the molecule is O=CN(c1cc(CNCc2cccc3ccccc23)cc(N(C=O)c2cccc(C(F)(F)F)c2)c1)c1cccc(C(F)(F)F)c1. The highest BCUT2D eigenvalue weighted by atomic mass is 19.4. The van der Waals surface area contributed by atoms with Gasteiger partial charge in [0.1, 0.15) is 0 Å². The van der Waals surface area contributed by atoms with E-state index in [-0.39, 0.29) is 29.3 Å². The minimum atomic E-state index is -4.67. The number of carbonyl (C=O) groups is 2. The van der Waals surface area contributed by atoms with Crippen molar-refractivity contribution in [1.29, 1.82) is 0 Å². The standard InChI is InChI=1S/C34H25F6N3O2/c35-33(36,37)26-9-4-11-28(16-26)42(21-44)30-14-23(19-41-20-25-8-3-7-24-6-1-2-13-32(24)25)15-31(18-30)43(22-45)29-12-5-10-27(17-29)34(38,39)40/h1-18,21-22,41H,19-20H2. The number of alkyl halides is 6. The van der Waals surface area contributed by atoms with Gasteiger partial charge < -0.3 is 5.32 Å². The number of hydrogen-bond donors (Lipinski definition) is 1. The molecule has 0 bridgehead atoms. The predicted octanol–water partition coefficient (Wildman–Crippen LogP) is 8.76. The molecule has 230 valence electrons. The van der Waals surface area contributed by atoms with Crippen molar-refractivity contribution in [3.63, 3.8) is 0 Å². The lowest BCUT2D eigenvalue weighted by atomic mass is 10.0. The maximum atomic E-state index is 13.5. The molecule has 0 radical (unpaired) electrons. The van der Waals surface area contributed by atoms with E-state index in [1.165, 1.54) is 18.2 Å². The minimum Gasteiger partial charge on any atom is -0.309 e. The summed E-state index contributed by atoms with van der Waals surface area (Å²) in [6.45, 7) is 0.617. The summed E-state index contributed by atoms with van der Waals surface area (Å²) < 4.78 is 80.7. The van der Waals surface area contributed by atoms with Crippen LogP contribution in [0.15, 0.2) is 109 Å². The van der Waals surface area contributed by atoms with E-state index in [0.29, 0.717) is 24.9 Å². The van der Waals surface area contributed by atoms with E-state index in [9.17, 15) is 35.9 Å². The lowest BCUT2D eigenvalue weighted by Crippen LogP contribution is -2.20. The molecule has 5 aromatic rings. The van der Waals surface area contributed by atoms with Gasteiger partial charge in [-0.2, -0.15) is 26.3 Å². The Morgan fingerprint density at radius 2 is 1.07 bits per heavy atom. The zero-order valence-electron chi connectivity index (χ0n) is 23.4. The molecule has 0 atom stereocenters. The van der Waals surface area contributed by atoms with Gasteiger partial charge >= 0.3 is 12.4 Å². The second-order valence-corrected chi connectivity index (χ2v) is 10.1. The van der Waals surface area contributed by atoms with Crippen LogP contribution in [-0.4, -0.2) is 12.8 Å². The summed E-state index contributed by atoms with van der Waals surface area (Å²) in [5.74, 6) is 0. The molecule has 45 heavy (non-hydrogen) atoms. The summed E-state index contributed by atoms with van der Waals surface area (Å²) in [5.41, 5.74) is -0.421. The molecule has 0 heterocycles. The molecule has 1 N–H and O–H groups in total. The van der Waals surface area contributed by atoms with Crippen LogP contribution in [0.2, 0.25) is 0 Å². The molecular weight excluding hydrogens is 596 g/mol. The van der Waals surface area contributed by atoms with Crippen LogP contribution in [0, 0.1) is 0 Å². The topological polar surface area (TPSA) is 52.7 Å². The Morgan fingerprint density at radius 1 is 0.556 bits per heavy atom. The lowest BCUT2D eigenvalue weighted by molar-refractivity contribution is -0.138. The van der Waals surface area contributed by atoms with Crippen LogP contribution in [0.3, 0.4) is 0 Å². The largest absolute Gasteiger partial charge is 0.416 e. The molecule has 5 rings (SSSR count). The van der Waals surface area contributed by atoms with Crippen LogP contribution in [0.5, 0.6) is 0 Å². The van der Waals surface area contributed by atoms with Gasteiger partial charge in [0.2, 0.25) is 12.8 Å². The summed E-state index contributed by atoms with van der Waals surface area (Å²) in [4.78, 5) is 26.5. The molecule has 5 nitrogen and oxygen atoms in total. The van der Waals surface area contributed by atoms with Gasteiger partial charge in [0.15, 0.2) is 0 Å². The molecule has 11 heteroatoms. The second kappa shape index (κ2) is 12.8. The minimum absolute atomic E-state index is 0.0941. The van der Waals surface area contributed by atoms with E-state index in [1.54, 1.807) is 12.1 Å². The van der Waals surface area contributed by atoms with Gasteiger partial charge in [0, 0.05) is 24.5 Å². The van der Waals surface area contributed by atoms with Crippen molar-refractivity contribution in [3.05, 3.63) is 131 Å². The monoisotopic (exact) mass is 621 g/mol. The Labute approximate surface area is 254 Å². The Morgan fingerprint density at radius 3 is 1.60 bits per heavy atom. The van der Waals surface area contributed by atoms with Crippen LogP contribution in [0.25, 0.3) is 10.8 Å². The first-order valence-corrected chi connectivity index (χ1v) is 13.6. The van der Waals surface area contributed by atoms with E-state index in [2.05, 4.69) is 5.32 Å². The van der Waals surface area contributed by atoms with Gasteiger partial charge in [-0.15, -0.1) is 0 Å². The van der Waals surface area contributed by atoms with Gasteiger partial charge in [-0.25, -0.2) is 0 Å². The number of amides is 2. The van der Waals surface area contributed by atoms with Gasteiger partial charge in [-0.05, 0) is 76.5 Å². The van der Waals surface area contributed by atoms with Crippen LogP contribution in [0.4, 0.5) is 49.1 Å². The number of rotatable bonds is 10. The van der Waals surface area contributed by atoms with Crippen molar-refractivity contribution in [2.24, 2.45) is 0 Å². The fraction of sp³-hybridized carbons (Fsp3) is 0.118. The first kappa shape index (κ1) is 31.3. The summed E-state index contributed by atoms with van der Waals surface area (Å²) in [6, 6.07) is 26.5. The van der Waals surface area contributed by atoms with Crippen molar-refractivity contribution in [1.82, 2.24) is 5.32 Å². The van der Waals surface area contributed by atoms with Crippen molar-refractivity contribution < 1.29 is 35.9 Å². The average molecular weight is 622 g/mol. The van der Waals surface area contributed by atoms with Crippen molar-refractivity contribution in [3.8, 4) is 0 Å². The zero-order chi connectivity index (χ0) is 32.2. The number of fused-ring (bicyclic) bond motifs is 1. The van der Waals surface area contributed by atoms with E-state index in [1.807, 2.05) is 42.5 Å². The molecule has 0 aliphatic heterocycles. The molecule has 2 amide bonds. The molecule has 0 aliphatic rings. The van der Waals surface area contributed by atoms with Crippen LogP contribution in [0.1, 0.15) is 22.3 Å². The molecule has 0 unspecified atom stereocenters. The normalized spacial score (nSPS) is 11.8. The van der Waals surface area contributed by atoms with E-state index in [4.69, 9.17) is 0 Å². The molecule has 0 saturated heterocycles. The zero-order valence-corrected chi connectivity index (χ0v) is 23.4. The molecule has 5 aromatic carbocycles. The third-order valence-corrected chi connectivity index (χ3v) is 7.16. The van der Waals surface area contributed by atoms with Gasteiger partial charge in [-0.1, -0.05) is 54.6 Å². The van der Waals surface area contributed by atoms with Gasteiger partial charge in [0.25, 0.3) is 0 Å². The van der Waals surface area contributed by atoms with Crippen LogP contribution < -0.4 is 15.1 Å².